The lowest BCUT2D eigenvalue weighted by Crippen LogP contribution is -2.22. The van der Waals surface area contributed by atoms with Crippen molar-refractivity contribution in [1.82, 2.24) is 4.98 Å². The van der Waals surface area contributed by atoms with E-state index in [2.05, 4.69) is 15.8 Å². The maximum Gasteiger partial charge on any atom is 0.235 e. The van der Waals surface area contributed by atoms with E-state index in [0.29, 0.717) is 11.3 Å². The topological polar surface area (TPSA) is 82.8 Å². The van der Waals surface area contributed by atoms with Crippen molar-refractivity contribution >= 4 is 15.7 Å². The third kappa shape index (κ3) is 3.99. The Morgan fingerprint density at radius 1 is 0.963 bits per heavy atom. The summed E-state index contributed by atoms with van der Waals surface area (Å²) in [5.41, 5.74) is 4.44. The number of hydrogen-bond acceptors (Lipinski definition) is 4. The Kier molecular flexibility index (Phi) is 5.24. The van der Waals surface area contributed by atoms with Gasteiger partial charge in [0.2, 0.25) is 10.0 Å². The molecule has 0 radical (unpaired) electrons. The summed E-state index contributed by atoms with van der Waals surface area (Å²) in [6.45, 7) is 3.25. The molecule has 0 amide bonds. The molecule has 0 aliphatic rings. The molecule has 0 unspecified atom stereocenters. The fourth-order valence-corrected chi connectivity index (χ4v) is 3.37. The molecule has 1 aromatic heterocycles. The number of pyridine rings is 1. The van der Waals surface area contributed by atoms with Crippen LogP contribution >= 0.6 is 0 Å². The lowest BCUT2D eigenvalue weighted by Gasteiger charge is -2.14. The zero-order chi connectivity index (χ0) is 19.4. The minimum Gasteiger partial charge on any atom is -0.281 e. The van der Waals surface area contributed by atoms with Crippen molar-refractivity contribution < 1.29 is 8.42 Å². The van der Waals surface area contributed by atoms with Crippen LogP contribution in [0.2, 0.25) is 0 Å². The molecule has 6 heteroatoms. The van der Waals surface area contributed by atoms with Gasteiger partial charge in [0, 0.05) is 11.8 Å². The van der Waals surface area contributed by atoms with Gasteiger partial charge >= 0.3 is 0 Å². The smallest absolute Gasteiger partial charge is 0.235 e. The number of aromatic nitrogens is 1. The van der Waals surface area contributed by atoms with Crippen LogP contribution in [0.3, 0.4) is 0 Å². The molecular formula is C21H19N3O2S. The molecule has 5 nitrogen and oxygen atoms in total. The normalized spacial score (nSPS) is 11.2. The van der Waals surface area contributed by atoms with E-state index >= 15 is 0 Å². The highest BCUT2D eigenvalue weighted by Crippen LogP contribution is 2.31. The molecule has 2 aromatic carbocycles. The molecule has 0 fully saturated rings. The van der Waals surface area contributed by atoms with Crippen LogP contribution in [-0.4, -0.2) is 18.7 Å². The van der Waals surface area contributed by atoms with E-state index in [1.165, 1.54) is 6.20 Å². The first-order chi connectivity index (χ1) is 12.9. The largest absolute Gasteiger partial charge is 0.281 e. The van der Waals surface area contributed by atoms with Gasteiger partial charge in [-0.1, -0.05) is 42.5 Å². The molecule has 0 aliphatic carbocycles. The predicted molar refractivity (Wildman–Crippen MR) is 108 cm³/mol. The standard InChI is InChI=1S/C21H19N3O2S/c1-15(2)27(25,26)24-21-14-23-12-11-20(21)17-9-7-16(8-10-17)19-6-4-3-5-18(19)13-22/h3-12,14-15,24H,1-2H3. The van der Waals surface area contributed by atoms with E-state index in [1.807, 2.05) is 42.5 Å². The molecule has 0 saturated carbocycles. The Labute approximate surface area is 159 Å². The van der Waals surface area contributed by atoms with Gasteiger partial charge in [-0.3, -0.25) is 9.71 Å². The Hall–Kier alpha value is -3.17. The van der Waals surface area contributed by atoms with Crippen molar-refractivity contribution in [2.24, 2.45) is 0 Å². The zero-order valence-corrected chi connectivity index (χ0v) is 15.9. The minimum atomic E-state index is -3.47. The first-order valence-corrected chi connectivity index (χ1v) is 10.0. The van der Waals surface area contributed by atoms with E-state index in [0.717, 1.165) is 22.3 Å². The average molecular weight is 377 g/mol. The highest BCUT2D eigenvalue weighted by atomic mass is 32.2. The third-order valence-electron chi connectivity index (χ3n) is 4.25. The summed E-state index contributed by atoms with van der Waals surface area (Å²) in [7, 11) is -3.47. The van der Waals surface area contributed by atoms with E-state index < -0.39 is 15.3 Å². The van der Waals surface area contributed by atoms with Crippen molar-refractivity contribution in [3.8, 4) is 28.3 Å². The Bertz CT molecular complexity index is 1100. The molecule has 0 saturated heterocycles. The molecule has 3 rings (SSSR count). The summed E-state index contributed by atoms with van der Waals surface area (Å²) in [4.78, 5) is 4.04. The van der Waals surface area contributed by atoms with Crippen molar-refractivity contribution in [3.63, 3.8) is 0 Å². The van der Waals surface area contributed by atoms with Crippen molar-refractivity contribution in [1.29, 1.82) is 5.26 Å². The fraction of sp³-hybridized carbons (Fsp3) is 0.143. The van der Waals surface area contributed by atoms with Crippen LogP contribution < -0.4 is 4.72 Å². The molecule has 0 bridgehead atoms. The van der Waals surface area contributed by atoms with E-state index in [9.17, 15) is 13.7 Å². The molecule has 0 spiro atoms. The van der Waals surface area contributed by atoms with Crippen molar-refractivity contribution in [3.05, 3.63) is 72.6 Å². The van der Waals surface area contributed by atoms with E-state index in [1.54, 1.807) is 32.2 Å². The van der Waals surface area contributed by atoms with Crippen molar-refractivity contribution in [2.45, 2.75) is 19.1 Å². The Morgan fingerprint density at radius 3 is 2.22 bits per heavy atom. The van der Waals surface area contributed by atoms with E-state index in [-0.39, 0.29) is 0 Å². The lowest BCUT2D eigenvalue weighted by molar-refractivity contribution is 0.593. The van der Waals surface area contributed by atoms with E-state index in [4.69, 9.17) is 0 Å². The fourth-order valence-electron chi connectivity index (χ4n) is 2.66. The van der Waals surface area contributed by atoms with Crippen LogP contribution in [0.15, 0.2) is 67.0 Å². The highest BCUT2D eigenvalue weighted by Gasteiger charge is 2.18. The average Bonchev–Trinajstić information content (AvgIpc) is 2.68. The second kappa shape index (κ2) is 7.60. The van der Waals surface area contributed by atoms with Gasteiger partial charge < -0.3 is 0 Å². The molecule has 27 heavy (non-hydrogen) atoms. The van der Waals surface area contributed by atoms with Gasteiger partial charge in [-0.2, -0.15) is 5.26 Å². The van der Waals surface area contributed by atoms with Crippen LogP contribution in [0.25, 0.3) is 22.3 Å². The summed E-state index contributed by atoms with van der Waals surface area (Å²) in [6, 6.07) is 19.1. The number of anilines is 1. The molecule has 1 heterocycles. The first kappa shape index (κ1) is 18.6. The maximum atomic E-state index is 12.2. The Balaban J connectivity index is 1.99. The van der Waals surface area contributed by atoms with Crippen LogP contribution in [0.5, 0.6) is 0 Å². The number of nitrogens with one attached hydrogen (secondary N) is 1. The minimum absolute atomic E-state index is 0.441. The van der Waals surface area contributed by atoms with Gasteiger partial charge in [0.05, 0.1) is 28.8 Å². The van der Waals surface area contributed by atoms with Gasteiger partial charge in [-0.15, -0.1) is 0 Å². The lowest BCUT2D eigenvalue weighted by atomic mass is 9.97. The predicted octanol–water partition coefficient (Wildman–Crippen LogP) is 4.44. The number of benzene rings is 2. The van der Waals surface area contributed by atoms with Crippen LogP contribution in [0.1, 0.15) is 19.4 Å². The zero-order valence-electron chi connectivity index (χ0n) is 15.0. The summed E-state index contributed by atoms with van der Waals surface area (Å²) >= 11 is 0. The molecular weight excluding hydrogens is 358 g/mol. The first-order valence-electron chi connectivity index (χ1n) is 8.48. The quantitative estimate of drug-likeness (QED) is 0.713. The number of hydrogen-bond donors (Lipinski definition) is 1. The summed E-state index contributed by atoms with van der Waals surface area (Å²) < 4.78 is 27.1. The third-order valence-corrected chi connectivity index (χ3v) is 5.99. The van der Waals surface area contributed by atoms with Gasteiger partial charge in [0.25, 0.3) is 0 Å². The SMILES string of the molecule is CC(C)S(=O)(=O)Nc1cnccc1-c1ccc(-c2ccccc2C#N)cc1. The molecule has 0 atom stereocenters. The monoisotopic (exact) mass is 377 g/mol. The van der Waals surface area contributed by atoms with Gasteiger partial charge in [-0.05, 0) is 42.7 Å². The van der Waals surface area contributed by atoms with Crippen LogP contribution in [0, 0.1) is 11.3 Å². The maximum absolute atomic E-state index is 12.2. The summed E-state index contributed by atoms with van der Waals surface area (Å²) in [5.74, 6) is 0. The molecule has 3 aromatic rings. The summed E-state index contributed by atoms with van der Waals surface area (Å²) in [6.07, 6.45) is 3.13. The number of sulfonamides is 1. The number of nitrogens with zero attached hydrogens (tertiary/aromatic N) is 2. The van der Waals surface area contributed by atoms with Crippen LogP contribution in [0.4, 0.5) is 5.69 Å². The van der Waals surface area contributed by atoms with Gasteiger partial charge in [-0.25, -0.2) is 8.42 Å². The molecule has 0 aliphatic heterocycles. The van der Waals surface area contributed by atoms with Crippen LogP contribution in [-0.2, 0) is 10.0 Å². The Morgan fingerprint density at radius 2 is 1.59 bits per heavy atom. The second-order valence-corrected chi connectivity index (χ2v) is 8.59. The second-order valence-electron chi connectivity index (χ2n) is 6.35. The number of nitriles is 1. The van der Waals surface area contributed by atoms with Crippen molar-refractivity contribution in [2.75, 3.05) is 4.72 Å². The molecule has 136 valence electrons. The summed E-state index contributed by atoms with van der Waals surface area (Å²) in [5, 5.41) is 8.73. The number of rotatable bonds is 5. The van der Waals surface area contributed by atoms with Gasteiger partial charge in [0.1, 0.15) is 0 Å². The molecule has 1 N–H and O–H groups in total. The van der Waals surface area contributed by atoms with Gasteiger partial charge in [0.15, 0.2) is 0 Å². The highest BCUT2D eigenvalue weighted by molar-refractivity contribution is 7.93.